The van der Waals surface area contributed by atoms with Crippen LogP contribution in [-0.4, -0.2) is 35.2 Å². The Morgan fingerprint density at radius 2 is 2.12 bits per heavy atom. The van der Waals surface area contributed by atoms with E-state index in [0.717, 1.165) is 49.5 Å². The van der Waals surface area contributed by atoms with Crippen molar-refractivity contribution in [3.8, 4) is 0 Å². The van der Waals surface area contributed by atoms with E-state index in [9.17, 15) is 4.79 Å². The Morgan fingerprint density at radius 3 is 2.84 bits per heavy atom. The number of aromatic nitrogens is 1. The third kappa shape index (κ3) is 4.82. The second kappa shape index (κ2) is 8.16. The maximum Gasteiger partial charge on any atom is 0.315 e. The molecule has 2 heterocycles. The number of piperidine rings is 1. The Labute approximate surface area is 148 Å². The van der Waals surface area contributed by atoms with Gasteiger partial charge in [-0.05, 0) is 38.8 Å². The van der Waals surface area contributed by atoms with E-state index in [-0.39, 0.29) is 12.1 Å². The summed E-state index contributed by atoms with van der Waals surface area (Å²) < 4.78 is 5.12. The summed E-state index contributed by atoms with van der Waals surface area (Å²) >= 11 is 0. The fourth-order valence-corrected chi connectivity index (χ4v) is 3.32. The number of hydrogen-bond acceptors (Lipinski definition) is 4. The van der Waals surface area contributed by atoms with E-state index >= 15 is 0 Å². The van der Waals surface area contributed by atoms with E-state index in [4.69, 9.17) is 4.52 Å². The third-order valence-corrected chi connectivity index (χ3v) is 4.70. The standard InChI is InChI=1S/C19H26N4O2/c1-14-18(15(2)25-22-14)11-20-19(24)21-17-9-6-10-23(13-17)12-16-7-4-3-5-8-16/h3-5,7-8,17H,6,9-13H2,1-2H3,(H2,20,21,24)/t17-/m1/s1. The molecule has 1 fully saturated rings. The zero-order chi connectivity index (χ0) is 17.6. The van der Waals surface area contributed by atoms with Crippen LogP contribution in [0.25, 0.3) is 0 Å². The first-order valence-corrected chi connectivity index (χ1v) is 8.84. The molecule has 2 N–H and O–H groups in total. The van der Waals surface area contributed by atoms with Gasteiger partial charge in [0, 0.05) is 31.2 Å². The van der Waals surface area contributed by atoms with Crippen LogP contribution in [0.3, 0.4) is 0 Å². The molecule has 1 aromatic heterocycles. The molecule has 6 nitrogen and oxygen atoms in total. The van der Waals surface area contributed by atoms with Gasteiger partial charge in [0.25, 0.3) is 0 Å². The average Bonchev–Trinajstić information content (AvgIpc) is 2.92. The van der Waals surface area contributed by atoms with Gasteiger partial charge in [-0.25, -0.2) is 4.79 Å². The number of hydrogen-bond donors (Lipinski definition) is 2. The van der Waals surface area contributed by atoms with Gasteiger partial charge in [-0.1, -0.05) is 35.5 Å². The maximum atomic E-state index is 12.2. The van der Waals surface area contributed by atoms with Crippen molar-refractivity contribution in [2.75, 3.05) is 13.1 Å². The van der Waals surface area contributed by atoms with Crippen molar-refractivity contribution >= 4 is 6.03 Å². The van der Waals surface area contributed by atoms with E-state index in [2.05, 4.69) is 45.0 Å². The number of carbonyl (C=O) groups is 1. The van der Waals surface area contributed by atoms with Crippen molar-refractivity contribution in [1.82, 2.24) is 20.7 Å². The predicted molar refractivity (Wildman–Crippen MR) is 96.1 cm³/mol. The summed E-state index contributed by atoms with van der Waals surface area (Å²) in [5, 5.41) is 9.91. The second-order valence-electron chi connectivity index (χ2n) is 6.69. The van der Waals surface area contributed by atoms with Crippen LogP contribution in [0.5, 0.6) is 0 Å². The summed E-state index contributed by atoms with van der Waals surface area (Å²) in [6.07, 6.45) is 2.12. The van der Waals surface area contributed by atoms with Gasteiger partial charge in [0.2, 0.25) is 0 Å². The first-order chi connectivity index (χ1) is 12.1. The van der Waals surface area contributed by atoms with Crippen LogP contribution >= 0.6 is 0 Å². The molecule has 0 spiro atoms. The summed E-state index contributed by atoms with van der Waals surface area (Å²) in [4.78, 5) is 14.6. The lowest BCUT2D eigenvalue weighted by atomic mass is 10.0. The second-order valence-corrected chi connectivity index (χ2v) is 6.69. The van der Waals surface area contributed by atoms with E-state index in [0.29, 0.717) is 6.54 Å². The summed E-state index contributed by atoms with van der Waals surface area (Å²) in [7, 11) is 0. The van der Waals surface area contributed by atoms with Gasteiger partial charge in [0.15, 0.2) is 0 Å². The molecule has 6 heteroatoms. The molecule has 134 valence electrons. The Bertz CT molecular complexity index is 679. The van der Waals surface area contributed by atoms with E-state index in [1.54, 1.807) is 0 Å². The highest BCUT2D eigenvalue weighted by atomic mass is 16.5. The highest BCUT2D eigenvalue weighted by molar-refractivity contribution is 5.74. The predicted octanol–water partition coefficient (Wildman–Crippen LogP) is 2.76. The zero-order valence-electron chi connectivity index (χ0n) is 14.9. The van der Waals surface area contributed by atoms with Crippen LogP contribution in [-0.2, 0) is 13.1 Å². The van der Waals surface area contributed by atoms with Gasteiger partial charge in [-0.15, -0.1) is 0 Å². The lowest BCUT2D eigenvalue weighted by molar-refractivity contribution is 0.180. The van der Waals surface area contributed by atoms with Crippen molar-refractivity contribution in [3.63, 3.8) is 0 Å². The maximum absolute atomic E-state index is 12.2. The van der Waals surface area contributed by atoms with Gasteiger partial charge in [-0.2, -0.15) is 0 Å². The lowest BCUT2D eigenvalue weighted by Crippen LogP contribution is -2.50. The molecular weight excluding hydrogens is 316 g/mol. The summed E-state index contributed by atoms with van der Waals surface area (Å²) in [5.74, 6) is 0.754. The minimum absolute atomic E-state index is 0.133. The molecule has 0 aliphatic carbocycles. The number of nitrogens with zero attached hydrogens (tertiary/aromatic N) is 2. The number of carbonyl (C=O) groups excluding carboxylic acids is 1. The first kappa shape index (κ1) is 17.5. The van der Waals surface area contributed by atoms with Gasteiger partial charge in [-0.3, -0.25) is 4.90 Å². The highest BCUT2D eigenvalue weighted by Gasteiger charge is 2.21. The van der Waals surface area contributed by atoms with Gasteiger partial charge in [0.05, 0.1) is 5.69 Å². The van der Waals surface area contributed by atoms with Crippen molar-refractivity contribution < 1.29 is 9.32 Å². The number of amides is 2. The topological polar surface area (TPSA) is 70.4 Å². The molecule has 0 radical (unpaired) electrons. The minimum Gasteiger partial charge on any atom is -0.361 e. The van der Waals surface area contributed by atoms with Crippen molar-refractivity contribution in [2.24, 2.45) is 0 Å². The number of nitrogens with one attached hydrogen (secondary N) is 2. The number of rotatable bonds is 5. The molecule has 25 heavy (non-hydrogen) atoms. The molecule has 2 aromatic rings. The van der Waals surface area contributed by atoms with E-state index in [1.807, 2.05) is 19.9 Å². The molecule has 0 saturated carbocycles. The molecule has 1 atom stereocenters. The molecule has 1 aromatic carbocycles. The van der Waals surface area contributed by atoms with Crippen LogP contribution in [0, 0.1) is 13.8 Å². The number of likely N-dealkylation sites (tertiary alicyclic amines) is 1. The highest BCUT2D eigenvalue weighted by Crippen LogP contribution is 2.14. The zero-order valence-corrected chi connectivity index (χ0v) is 14.9. The molecule has 1 aliphatic heterocycles. The molecular formula is C19H26N4O2. The van der Waals surface area contributed by atoms with E-state index in [1.165, 1.54) is 5.56 Å². The molecule has 2 amide bonds. The summed E-state index contributed by atoms with van der Waals surface area (Å²) in [6, 6.07) is 10.5. The summed E-state index contributed by atoms with van der Waals surface area (Å²) in [5.41, 5.74) is 3.08. The van der Waals surface area contributed by atoms with Gasteiger partial charge >= 0.3 is 6.03 Å². The summed E-state index contributed by atoms with van der Waals surface area (Å²) in [6.45, 7) is 7.07. The van der Waals surface area contributed by atoms with E-state index < -0.39 is 0 Å². The first-order valence-electron chi connectivity index (χ1n) is 8.84. The van der Waals surface area contributed by atoms with Crippen LogP contribution in [0.4, 0.5) is 4.79 Å². The van der Waals surface area contributed by atoms with Gasteiger partial charge < -0.3 is 15.2 Å². The molecule has 1 aliphatic rings. The molecule has 0 bridgehead atoms. The largest absolute Gasteiger partial charge is 0.361 e. The Balaban J connectivity index is 1.46. The number of aryl methyl sites for hydroxylation is 2. The normalized spacial score (nSPS) is 18.1. The van der Waals surface area contributed by atoms with Crippen LogP contribution in [0.15, 0.2) is 34.9 Å². The lowest BCUT2D eigenvalue weighted by Gasteiger charge is -2.33. The SMILES string of the molecule is Cc1noc(C)c1CNC(=O)N[C@@H]1CCCN(Cc2ccccc2)C1. The number of urea groups is 1. The monoisotopic (exact) mass is 342 g/mol. The molecule has 0 unspecified atom stereocenters. The quantitative estimate of drug-likeness (QED) is 0.876. The Morgan fingerprint density at radius 1 is 1.32 bits per heavy atom. The molecule has 1 saturated heterocycles. The minimum atomic E-state index is -0.133. The smallest absolute Gasteiger partial charge is 0.315 e. The van der Waals surface area contributed by atoms with Crippen LogP contribution < -0.4 is 10.6 Å². The van der Waals surface area contributed by atoms with Crippen molar-refractivity contribution in [2.45, 2.75) is 45.8 Å². The third-order valence-electron chi connectivity index (χ3n) is 4.70. The fourth-order valence-electron chi connectivity index (χ4n) is 3.32. The number of benzene rings is 1. The molecule has 3 rings (SSSR count). The van der Waals surface area contributed by atoms with Crippen LogP contribution in [0.1, 0.15) is 35.4 Å². The fraction of sp³-hybridized carbons (Fsp3) is 0.474. The Kier molecular flexibility index (Phi) is 5.71. The van der Waals surface area contributed by atoms with Gasteiger partial charge in [0.1, 0.15) is 5.76 Å². The Hall–Kier alpha value is -2.34. The average molecular weight is 342 g/mol. The van der Waals surface area contributed by atoms with Crippen molar-refractivity contribution in [3.05, 3.63) is 52.9 Å². The van der Waals surface area contributed by atoms with Crippen LogP contribution in [0.2, 0.25) is 0 Å². The van der Waals surface area contributed by atoms with Crippen molar-refractivity contribution in [1.29, 1.82) is 0 Å².